The zero-order valence-electron chi connectivity index (χ0n) is 14.8. The average molecular weight is 328 g/mol. The van der Waals surface area contributed by atoms with Crippen LogP contribution in [0.15, 0.2) is 40.8 Å². The molecule has 24 heavy (non-hydrogen) atoms. The molecule has 1 atom stereocenters. The van der Waals surface area contributed by atoms with Gasteiger partial charge >= 0.3 is 6.03 Å². The highest BCUT2D eigenvalue weighted by atomic mass is 16.3. The number of benzene rings is 1. The fourth-order valence-electron chi connectivity index (χ4n) is 2.44. The maximum atomic E-state index is 12.4. The number of carbonyl (C=O) groups is 2. The van der Waals surface area contributed by atoms with Gasteiger partial charge in [-0.3, -0.25) is 4.79 Å². The molecule has 0 spiro atoms. The molecule has 0 aliphatic rings. The van der Waals surface area contributed by atoms with Gasteiger partial charge in [-0.15, -0.1) is 0 Å². The van der Waals surface area contributed by atoms with E-state index in [1.54, 1.807) is 24.3 Å². The molecule has 0 bridgehead atoms. The normalized spacial score (nSPS) is 12.5. The summed E-state index contributed by atoms with van der Waals surface area (Å²) in [6.07, 6.45) is 0. The van der Waals surface area contributed by atoms with Crippen molar-refractivity contribution in [2.24, 2.45) is 5.41 Å². The molecule has 0 fully saturated rings. The van der Waals surface area contributed by atoms with Crippen LogP contribution in [0.4, 0.5) is 10.5 Å². The molecule has 0 aliphatic carbocycles. The summed E-state index contributed by atoms with van der Waals surface area (Å²) in [5.74, 6) is 1.47. The Labute approximate surface area is 142 Å². The SMILES string of the molecule is CC(=O)c1cccc(NC(=O)N[C@@H](c2ccc(C)o2)C(C)(C)C)c1. The minimum absolute atomic E-state index is 0.0438. The van der Waals surface area contributed by atoms with Crippen LogP contribution in [-0.4, -0.2) is 11.8 Å². The second-order valence-electron chi connectivity index (χ2n) is 6.98. The van der Waals surface area contributed by atoms with E-state index in [4.69, 9.17) is 4.42 Å². The van der Waals surface area contributed by atoms with Crippen molar-refractivity contribution in [1.29, 1.82) is 0 Å². The van der Waals surface area contributed by atoms with Crippen LogP contribution >= 0.6 is 0 Å². The Balaban J connectivity index is 2.14. The Morgan fingerprint density at radius 3 is 2.38 bits per heavy atom. The number of anilines is 1. The number of rotatable bonds is 4. The van der Waals surface area contributed by atoms with E-state index in [1.165, 1.54) is 6.92 Å². The van der Waals surface area contributed by atoms with Gasteiger partial charge in [-0.2, -0.15) is 0 Å². The van der Waals surface area contributed by atoms with Gasteiger partial charge in [-0.05, 0) is 43.5 Å². The third-order valence-corrected chi connectivity index (χ3v) is 3.71. The number of hydrogen-bond acceptors (Lipinski definition) is 3. The van der Waals surface area contributed by atoms with Crippen molar-refractivity contribution in [2.75, 3.05) is 5.32 Å². The molecule has 1 aromatic heterocycles. The first kappa shape index (κ1) is 17.8. The van der Waals surface area contributed by atoms with Crippen molar-refractivity contribution in [3.8, 4) is 0 Å². The molecule has 5 nitrogen and oxygen atoms in total. The van der Waals surface area contributed by atoms with E-state index in [0.717, 1.165) is 5.76 Å². The number of ketones is 1. The molecule has 1 aromatic carbocycles. The average Bonchev–Trinajstić information content (AvgIpc) is 2.90. The summed E-state index contributed by atoms with van der Waals surface area (Å²) in [5.41, 5.74) is 0.911. The number of hydrogen-bond donors (Lipinski definition) is 2. The Morgan fingerprint density at radius 2 is 1.83 bits per heavy atom. The quantitative estimate of drug-likeness (QED) is 0.799. The van der Waals surface area contributed by atoms with Crippen LogP contribution in [0.5, 0.6) is 0 Å². The minimum Gasteiger partial charge on any atom is -0.464 e. The van der Waals surface area contributed by atoms with Crippen LogP contribution in [-0.2, 0) is 0 Å². The fourth-order valence-corrected chi connectivity index (χ4v) is 2.44. The molecule has 0 saturated carbocycles. The van der Waals surface area contributed by atoms with Crippen molar-refractivity contribution < 1.29 is 14.0 Å². The summed E-state index contributed by atoms with van der Waals surface area (Å²) in [7, 11) is 0. The Hall–Kier alpha value is -2.56. The summed E-state index contributed by atoms with van der Waals surface area (Å²) in [5, 5.41) is 5.73. The smallest absolute Gasteiger partial charge is 0.319 e. The van der Waals surface area contributed by atoms with Gasteiger partial charge in [0.15, 0.2) is 5.78 Å². The van der Waals surface area contributed by atoms with E-state index in [2.05, 4.69) is 10.6 Å². The lowest BCUT2D eigenvalue weighted by Crippen LogP contribution is -2.38. The minimum atomic E-state index is -0.343. The van der Waals surface area contributed by atoms with E-state index in [-0.39, 0.29) is 23.3 Å². The number of Topliss-reactive ketones (excluding diaryl/α,β-unsaturated/α-hetero) is 1. The van der Waals surface area contributed by atoms with E-state index < -0.39 is 0 Å². The van der Waals surface area contributed by atoms with Crippen molar-refractivity contribution in [3.63, 3.8) is 0 Å². The zero-order chi connectivity index (χ0) is 17.9. The lowest BCUT2D eigenvalue weighted by molar-refractivity contribution is 0.101. The number of nitrogens with one attached hydrogen (secondary N) is 2. The molecule has 1 heterocycles. The molecule has 0 radical (unpaired) electrons. The molecule has 2 N–H and O–H groups in total. The Kier molecular flexibility index (Phi) is 5.12. The largest absolute Gasteiger partial charge is 0.464 e. The molecule has 128 valence electrons. The van der Waals surface area contributed by atoms with Crippen molar-refractivity contribution in [3.05, 3.63) is 53.5 Å². The van der Waals surface area contributed by atoms with Gasteiger partial charge in [0.25, 0.3) is 0 Å². The van der Waals surface area contributed by atoms with Gasteiger partial charge in [0.05, 0.1) is 6.04 Å². The number of aryl methyl sites for hydroxylation is 1. The maximum absolute atomic E-state index is 12.4. The molecule has 0 unspecified atom stereocenters. The first-order chi connectivity index (χ1) is 11.2. The van der Waals surface area contributed by atoms with Crippen LogP contribution in [0.2, 0.25) is 0 Å². The molecule has 5 heteroatoms. The Morgan fingerprint density at radius 1 is 1.12 bits per heavy atom. The van der Waals surface area contributed by atoms with Crippen molar-refractivity contribution in [2.45, 2.75) is 40.7 Å². The van der Waals surface area contributed by atoms with E-state index in [0.29, 0.717) is 17.0 Å². The summed E-state index contributed by atoms with van der Waals surface area (Å²) in [6.45, 7) is 9.47. The molecular weight excluding hydrogens is 304 g/mol. The monoisotopic (exact) mass is 328 g/mol. The van der Waals surface area contributed by atoms with Crippen molar-refractivity contribution in [1.82, 2.24) is 5.32 Å². The lowest BCUT2D eigenvalue weighted by atomic mass is 9.85. The fraction of sp³-hybridized carbons (Fsp3) is 0.368. The summed E-state index contributed by atoms with van der Waals surface area (Å²) >= 11 is 0. The number of furan rings is 1. The second kappa shape index (κ2) is 6.91. The summed E-state index contributed by atoms with van der Waals surface area (Å²) < 4.78 is 5.69. The maximum Gasteiger partial charge on any atom is 0.319 e. The lowest BCUT2D eigenvalue weighted by Gasteiger charge is -2.30. The van der Waals surface area contributed by atoms with Gasteiger partial charge in [0, 0.05) is 11.3 Å². The van der Waals surface area contributed by atoms with Crippen LogP contribution in [0.25, 0.3) is 0 Å². The van der Waals surface area contributed by atoms with Crippen LogP contribution in [0.3, 0.4) is 0 Å². The molecule has 2 rings (SSSR count). The highest BCUT2D eigenvalue weighted by Crippen LogP contribution is 2.33. The number of amides is 2. The number of urea groups is 1. The van der Waals surface area contributed by atoms with Gasteiger partial charge < -0.3 is 15.1 Å². The number of carbonyl (C=O) groups excluding carboxylic acids is 2. The first-order valence-electron chi connectivity index (χ1n) is 7.91. The second-order valence-corrected chi connectivity index (χ2v) is 6.98. The predicted octanol–water partition coefficient (Wildman–Crippen LogP) is 4.70. The molecule has 2 aromatic rings. The summed E-state index contributed by atoms with van der Waals surface area (Å²) in [4.78, 5) is 23.8. The first-order valence-corrected chi connectivity index (χ1v) is 7.91. The topological polar surface area (TPSA) is 71.3 Å². The molecule has 0 aliphatic heterocycles. The predicted molar refractivity (Wildman–Crippen MR) is 94.2 cm³/mol. The van der Waals surface area contributed by atoms with Gasteiger partial charge in [-0.25, -0.2) is 4.79 Å². The van der Waals surface area contributed by atoms with Crippen LogP contribution < -0.4 is 10.6 Å². The Bertz CT molecular complexity index is 741. The standard InChI is InChI=1S/C19H24N2O3/c1-12-9-10-16(24-12)17(19(3,4)5)21-18(23)20-15-8-6-7-14(11-15)13(2)22/h6-11,17H,1-5H3,(H2,20,21,23)/t17-/m0/s1. The third kappa shape index (κ3) is 4.47. The van der Waals surface area contributed by atoms with Crippen LogP contribution in [0, 0.1) is 12.3 Å². The molecular formula is C19H24N2O3. The third-order valence-electron chi connectivity index (χ3n) is 3.71. The van der Waals surface area contributed by atoms with Crippen LogP contribution in [0.1, 0.15) is 55.6 Å². The van der Waals surface area contributed by atoms with Crippen molar-refractivity contribution >= 4 is 17.5 Å². The molecule has 0 saturated heterocycles. The summed E-state index contributed by atoms with van der Waals surface area (Å²) in [6, 6.07) is 10.00. The van der Waals surface area contributed by atoms with E-state index >= 15 is 0 Å². The van der Waals surface area contributed by atoms with E-state index in [1.807, 2.05) is 39.8 Å². The van der Waals surface area contributed by atoms with Gasteiger partial charge in [0.1, 0.15) is 11.5 Å². The highest BCUT2D eigenvalue weighted by molar-refractivity contribution is 5.96. The van der Waals surface area contributed by atoms with E-state index in [9.17, 15) is 9.59 Å². The zero-order valence-corrected chi connectivity index (χ0v) is 14.8. The highest BCUT2D eigenvalue weighted by Gasteiger charge is 2.30. The van der Waals surface area contributed by atoms with Gasteiger partial charge in [-0.1, -0.05) is 32.9 Å². The molecule has 2 amide bonds. The van der Waals surface area contributed by atoms with Gasteiger partial charge in [0.2, 0.25) is 0 Å².